The summed E-state index contributed by atoms with van der Waals surface area (Å²) in [7, 11) is 1.65. The van der Waals surface area contributed by atoms with Crippen LogP contribution in [0.2, 0.25) is 0 Å². The van der Waals surface area contributed by atoms with E-state index in [-0.39, 0.29) is 18.5 Å². The fraction of sp³-hybridized carbons (Fsp3) is 0.391. The summed E-state index contributed by atoms with van der Waals surface area (Å²) in [5, 5.41) is 3.02. The summed E-state index contributed by atoms with van der Waals surface area (Å²) >= 11 is 0. The second kappa shape index (κ2) is 9.17. The second-order valence-corrected chi connectivity index (χ2v) is 7.61. The Morgan fingerprint density at radius 3 is 2.57 bits per heavy atom. The topological polar surface area (TPSA) is 76.7 Å². The number of rotatable bonds is 7. The van der Waals surface area contributed by atoms with Crippen molar-refractivity contribution in [2.75, 3.05) is 26.7 Å². The fourth-order valence-corrected chi connectivity index (χ4v) is 4.09. The lowest BCUT2D eigenvalue weighted by atomic mass is 10.0. The number of amides is 1. The molecule has 158 valence electrons. The molecule has 4 rings (SSSR count). The highest BCUT2D eigenvalue weighted by atomic mass is 16.5. The fourth-order valence-electron chi connectivity index (χ4n) is 4.09. The molecule has 1 aliphatic heterocycles. The maximum absolute atomic E-state index is 12.7. The highest BCUT2D eigenvalue weighted by molar-refractivity contribution is 5.79. The monoisotopic (exact) mass is 409 g/mol. The number of nitrogens with one attached hydrogen (secondary N) is 1. The lowest BCUT2D eigenvalue weighted by molar-refractivity contribution is -0.122. The average molecular weight is 409 g/mol. The van der Waals surface area contributed by atoms with Crippen molar-refractivity contribution in [2.45, 2.75) is 31.8 Å². The molecule has 0 radical (unpaired) electrons. The lowest BCUT2D eigenvalue weighted by Crippen LogP contribution is -2.41. The van der Waals surface area contributed by atoms with E-state index in [0.29, 0.717) is 17.6 Å². The van der Waals surface area contributed by atoms with Crippen LogP contribution in [0.1, 0.15) is 30.9 Å². The van der Waals surface area contributed by atoms with Crippen molar-refractivity contribution in [2.24, 2.45) is 0 Å². The average Bonchev–Trinajstić information content (AvgIpc) is 3.10. The summed E-state index contributed by atoms with van der Waals surface area (Å²) in [4.78, 5) is 27.2. The number of aromatic nitrogens is 1. The first-order valence-corrected chi connectivity index (χ1v) is 10.4. The van der Waals surface area contributed by atoms with Crippen molar-refractivity contribution in [3.8, 4) is 5.75 Å². The number of oxazole rings is 1. The Morgan fingerprint density at radius 2 is 1.83 bits per heavy atom. The van der Waals surface area contributed by atoms with Gasteiger partial charge in [-0.15, -0.1) is 0 Å². The Balaban J connectivity index is 1.47. The number of likely N-dealkylation sites (tertiary alicyclic amines) is 1. The summed E-state index contributed by atoms with van der Waals surface area (Å²) in [6.07, 6.45) is 3.57. The minimum atomic E-state index is -0.519. The van der Waals surface area contributed by atoms with Crippen LogP contribution >= 0.6 is 0 Å². The molecule has 0 aliphatic carbocycles. The molecule has 0 bridgehead atoms. The molecule has 7 heteroatoms. The number of ether oxygens (including phenoxy) is 1. The van der Waals surface area contributed by atoms with Crippen LogP contribution in [0.5, 0.6) is 5.75 Å². The number of fused-ring (bicyclic) bond motifs is 1. The Bertz CT molecular complexity index is 1050. The number of carbonyl (C=O) groups is 1. The van der Waals surface area contributed by atoms with Gasteiger partial charge in [0.05, 0.1) is 18.7 Å². The Kier molecular flexibility index (Phi) is 6.18. The van der Waals surface area contributed by atoms with Crippen molar-refractivity contribution in [1.29, 1.82) is 0 Å². The molecule has 7 nitrogen and oxygen atoms in total. The number of para-hydroxylation sites is 2. The molecule has 1 fully saturated rings. The van der Waals surface area contributed by atoms with Crippen molar-refractivity contribution in [3.05, 3.63) is 64.6 Å². The maximum Gasteiger partial charge on any atom is 0.420 e. The van der Waals surface area contributed by atoms with Gasteiger partial charge in [-0.25, -0.2) is 4.79 Å². The van der Waals surface area contributed by atoms with E-state index in [0.717, 1.165) is 37.2 Å². The molecule has 1 N–H and O–H groups in total. The van der Waals surface area contributed by atoms with E-state index in [9.17, 15) is 9.59 Å². The zero-order chi connectivity index (χ0) is 20.9. The van der Waals surface area contributed by atoms with Gasteiger partial charge in [0.2, 0.25) is 5.91 Å². The molecule has 30 heavy (non-hydrogen) atoms. The SMILES string of the molecule is COc1ccc(C(CNC(=O)Cn2c(=O)oc3ccccc32)N2CCCCC2)cc1. The summed E-state index contributed by atoms with van der Waals surface area (Å²) in [5.41, 5.74) is 2.25. The molecule has 1 saturated heterocycles. The summed E-state index contributed by atoms with van der Waals surface area (Å²) in [6, 6.07) is 15.2. The van der Waals surface area contributed by atoms with Crippen molar-refractivity contribution in [3.63, 3.8) is 0 Å². The number of hydrogen-bond acceptors (Lipinski definition) is 5. The van der Waals surface area contributed by atoms with E-state index in [1.807, 2.05) is 18.2 Å². The Hall–Kier alpha value is -3.06. The quantitative estimate of drug-likeness (QED) is 0.649. The van der Waals surface area contributed by atoms with Crippen LogP contribution in [0.15, 0.2) is 57.7 Å². The minimum absolute atomic E-state index is 0.0643. The van der Waals surface area contributed by atoms with Crippen LogP contribution in [0.4, 0.5) is 0 Å². The van der Waals surface area contributed by atoms with E-state index in [4.69, 9.17) is 9.15 Å². The van der Waals surface area contributed by atoms with Crippen molar-refractivity contribution < 1.29 is 13.9 Å². The Morgan fingerprint density at radius 1 is 1.10 bits per heavy atom. The molecule has 1 unspecified atom stereocenters. The van der Waals surface area contributed by atoms with Crippen LogP contribution in [0, 0.1) is 0 Å². The largest absolute Gasteiger partial charge is 0.497 e. The zero-order valence-corrected chi connectivity index (χ0v) is 17.2. The third kappa shape index (κ3) is 4.41. The second-order valence-electron chi connectivity index (χ2n) is 7.61. The maximum atomic E-state index is 12.7. The molecule has 2 aromatic carbocycles. The standard InChI is InChI=1S/C23H27N3O4/c1-29-18-11-9-17(10-12-18)20(25-13-5-2-6-14-25)15-24-22(27)16-26-19-7-3-4-8-21(19)30-23(26)28/h3-4,7-12,20H,2,5-6,13-16H2,1H3,(H,24,27). The third-order valence-electron chi connectivity index (χ3n) is 5.70. The van der Waals surface area contributed by atoms with Gasteiger partial charge in [0.1, 0.15) is 12.3 Å². The first kappa shape index (κ1) is 20.2. The zero-order valence-electron chi connectivity index (χ0n) is 17.2. The molecule has 1 amide bonds. The molecule has 1 atom stereocenters. The molecule has 3 aromatic rings. The van der Waals surface area contributed by atoms with Gasteiger partial charge in [-0.1, -0.05) is 30.7 Å². The van der Waals surface area contributed by atoms with Gasteiger partial charge in [-0.2, -0.15) is 0 Å². The normalized spacial score (nSPS) is 15.8. The highest BCUT2D eigenvalue weighted by Crippen LogP contribution is 2.26. The molecular weight excluding hydrogens is 382 g/mol. The van der Waals surface area contributed by atoms with E-state index in [1.54, 1.807) is 25.3 Å². The van der Waals surface area contributed by atoms with E-state index in [1.165, 1.54) is 11.0 Å². The molecule has 2 heterocycles. The minimum Gasteiger partial charge on any atom is -0.497 e. The molecule has 0 saturated carbocycles. The Labute approximate surface area is 175 Å². The summed E-state index contributed by atoms with van der Waals surface area (Å²) < 4.78 is 11.9. The van der Waals surface area contributed by atoms with Crippen LogP contribution in [-0.4, -0.2) is 42.1 Å². The highest BCUT2D eigenvalue weighted by Gasteiger charge is 2.23. The summed E-state index contributed by atoms with van der Waals surface area (Å²) in [6.45, 7) is 2.44. The predicted molar refractivity (Wildman–Crippen MR) is 115 cm³/mol. The van der Waals surface area contributed by atoms with Crippen LogP contribution < -0.4 is 15.8 Å². The number of carbonyl (C=O) groups excluding carboxylic acids is 1. The van der Waals surface area contributed by atoms with Gasteiger partial charge in [0, 0.05) is 6.54 Å². The smallest absolute Gasteiger partial charge is 0.420 e. The first-order valence-electron chi connectivity index (χ1n) is 10.4. The molecule has 1 aromatic heterocycles. The van der Waals surface area contributed by atoms with Crippen molar-refractivity contribution >= 4 is 17.0 Å². The summed E-state index contributed by atoms with van der Waals surface area (Å²) in [5.74, 6) is 0.0830. The van der Waals surface area contributed by atoms with Gasteiger partial charge in [0.25, 0.3) is 0 Å². The van der Waals surface area contributed by atoms with Gasteiger partial charge in [-0.3, -0.25) is 14.3 Å². The number of hydrogen-bond donors (Lipinski definition) is 1. The van der Waals surface area contributed by atoms with E-state index < -0.39 is 5.76 Å². The third-order valence-corrected chi connectivity index (χ3v) is 5.70. The van der Waals surface area contributed by atoms with Crippen LogP contribution in [0.3, 0.4) is 0 Å². The van der Waals surface area contributed by atoms with Crippen LogP contribution in [0.25, 0.3) is 11.1 Å². The molecular formula is C23H27N3O4. The van der Waals surface area contributed by atoms with Gasteiger partial charge >= 0.3 is 5.76 Å². The van der Waals surface area contributed by atoms with E-state index in [2.05, 4.69) is 22.3 Å². The number of piperidine rings is 1. The van der Waals surface area contributed by atoms with Gasteiger partial charge in [-0.05, 0) is 55.8 Å². The predicted octanol–water partition coefficient (Wildman–Crippen LogP) is 2.95. The number of nitrogens with zero attached hydrogens (tertiary/aromatic N) is 2. The van der Waals surface area contributed by atoms with Gasteiger partial charge in [0.15, 0.2) is 5.58 Å². The number of benzene rings is 2. The van der Waals surface area contributed by atoms with Crippen LogP contribution in [-0.2, 0) is 11.3 Å². The number of methoxy groups -OCH3 is 1. The van der Waals surface area contributed by atoms with Gasteiger partial charge < -0.3 is 14.5 Å². The molecule has 1 aliphatic rings. The first-order chi connectivity index (χ1) is 14.7. The van der Waals surface area contributed by atoms with Crippen molar-refractivity contribution in [1.82, 2.24) is 14.8 Å². The molecule has 0 spiro atoms. The van der Waals surface area contributed by atoms with E-state index >= 15 is 0 Å². The lowest BCUT2D eigenvalue weighted by Gasteiger charge is -2.35.